The Balaban J connectivity index is 0.00000306. The van der Waals surface area contributed by atoms with Crippen molar-refractivity contribution in [1.82, 2.24) is 14.8 Å². The van der Waals surface area contributed by atoms with Crippen LogP contribution in [-0.2, 0) is 31.9 Å². The summed E-state index contributed by atoms with van der Waals surface area (Å²) in [6.45, 7) is 8.99. The predicted octanol–water partition coefficient (Wildman–Crippen LogP) is 7.10. The van der Waals surface area contributed by atoms with Crippen molar-refractivity contribution in [3.8, 4) is 17.1 Å². The van der Waals surface area contributed by atoms with E-state index in [4.69, 9.17) is 0 Å². The van der Waals surface area contributed by atoms with Gasteiger partial charge >= 0.3 is 0 Å². The Morgan fingerprint density at radius 2 is 1.64 bits per heavy atom. The van der Waals surface area contributed by atoms with E-state index < -0.39 is 0 Å². The average Bonchev–Trinajstić information content (AvgIpc) is 3.24. The van der Waals surface area contributed by atoms with Gasteiger partial charge in [-0.2, -0.15) is 5.10 Å². The Hall–Kier alpha value is -2.55. The molecule has 0 atom stereocenters. The van der Waals surface area contributed by atoms with Crippen LogP contribution in [0.2, 0.25) is 0 Å². The summed E-state index contributed by atoms with van der Waals surface area (Å²) in [7, 11) is 0. The Labute approximate surface area is 211 Å². The number of unbranched alkanes of at least 4 members (excludes halogenated alkanes) is 2. The van der Waals surface area contributed by atoms with E-state index >= 15 is 0 Å². The van der Waals surface area contributed by atoms with E-state index in [1.54, 1.807) is 0 Å². The number of rotatable bonds is 8. The Morgan fingerprint density at radius 1 is 0.879 bits per heavy atom. The predicted molar refractivity (Wildman–Crippen MR) is 132 cm³/mol. The molecule has 3 aromatic carbocycles. The van der Waals surface area contributed by atoms with Gasteiger partial charge in [-0.05, 0) is 36.1 Å². The summed E-state index contributed by atoms with van der Waals surface area (Å²) in [6.07, 6.45) is 4.42. The monoisotopic (exact) mass is 615 g/mol. The zero-order chi connectivity index (χ0) is 22.6. The van der Waals surface area contributed by atoms with Gasteiger partial charge in [0.25, 0.3) is 0 Å². The van der Waals surface area contributed by atoms with Crippen molar-refractivity contribution in [3.05, 3.63) is 101 Å². The fraction of sp³-hybridized carbons (Fsp3) is 0.310. The molecule has 0 N–H and O–H groups in total. The summed E-state index contributed by atoms with van der Waals surface area (Å²) in [5.41, 5.74) is 5.88. The minimum atomic E-state index is -0.0717. The summed E-state index contributed by atoms with van der Waals surface area (Å²) >= 11 is 0. The van der Waals surface area contributed by atoms with Crippen molar-refractivity contribution in [3.63, 3.8) is 0 Å². The number of nitrogens with zero attached hydrogens (tertiary/aromatic N) is 3. The molecule has 1 radical (unpaired) electrons. The SMILES string of the molecule is CCCCCc1nnc(-c2[c-]cccc2)n1-c1ccc(C(C)(C)c2ccccc2)cc1C.[Ir]. The smallest absolute Gasteiger partial charge is 0.128 e. The van der Waals surface area contributed by atoms with E-state index in [2.05, 4.69) is 103 Å². The van der Waals surface area contributed by atoms with E-state index in [1.807, 2.05) is 18.2 Å². The molecule has 1 aromatic heterocycles. The molecule has 0 spiro atoms. The van der Waals surface area contributed by atoms with Crippen molar-refractivity contribution in [1.29, 1.82) is 0 Å². The third-order valence-electron chi connectivity index (χ3n) is 6.34. The molecule has 4 heteroatoms. The Bertz CT molecular complexity index is 1160. The van der Waals surface area contributed by atoms with Gasteiger partial charge in [0.15, 0.2) is 0 Å². The molecule has 0 saturated carbocycles. The normalized spacial score (nSPS) is 11.3. The van der Waals surface area contributed by atoms with E-state index in [-0.39, 0.29) is 25.5 Å². The summed E-state index contributed by atoms with van der Waals surface area (Å²) < 4.78 is 2.23. The summed E-state index contributed by atoms with van der Waals surface area (Å²) in [5, 5.41) is 9.18. The molecule has 0 aliphatic heterocycles. The summed E-state index contributed by atoms with van der Waals surface area (Å²) in [4.78, 5) is 0. The quantitative estimate of drug-likeness (QED) is 0.157. The van der Waals surface area contributed by atoms with Gasteiger partial charge in [-0.3, -0.25) is 0 Å². The standard InChI is InChI=1S/C29H32N3.Ir/c1-5-6-9-18-27-30-31-28(23-14-10-7-11-15-23)32(27)26-20-19-25(21-22(26)2)29(3,4)24-16-12-8-13-17-24;/h7-8,10-14,16-17,19-21H,5-6,9,18H2,1-4H3;/q-1;. The van der Waals surface area contributed by atoms with Gasteiger partial charge in [-0.1, -0.05) is 76.1 Å². The first-order valence-corrected chi connectivity index (χ1v) is 11.6. The van der Waals surface area contributed by atoms with Gasteiger partial charge in [0.1, 0.15) is 5.82 Å². The van der Waals surface area contributed by atoms with Crippen LogP contribution in [0, 0.1) is 13.0 Å². The zero-order valence-electron chi connectivity index (χ0n) is 19.9. The molecule has 4 aromatic rings. The maximum atomic E-state index is 4.59. The first-order chi connectivity index (χ1) is 15.5. The molecule has 0 amide bonds. The number of hydrogen-bond donors (Lipinski definition) is 0. The fourth-order valence-corrected chi connectivity index (χ4v) is 4.29. The number of benzene rings is 3. The van der Waals surface area contributed by atoms with Crippen molar-refractivity contribution < 1.29 is 20.1 Å². The summed E-state index contributed by atoms with van der Waals surface area (Å²) in [6, 6.07) is 28.8. The van der Waals surface area contributed by atoms with Gasteiger partial charge < -0.3 is 4.57 Å². The minimum absolute atomic E-state index is 0. The number of aryl methyl sites for hydroxylation is 2. The van der Waals surface area contributed by atoms with Gasteiger partial charge in [0, 0.05) is 37.6 Å². The first-order valence-electron chi connectivity index (χ1n) is 11.6. The largest absolute Gasteiger partial charge is 0.320 e. The van der Waals surface area contributed by atoms with Crippen LogP contribution in [-0.4, -0.2) is 14.8 Å². The molecule has 0 aliphatic rings. The Morgan fingerprint density at radius 3 is 2.30 bits per heavy atom. The topological polar surface area (TPSA) is 30.7 Å². The molecule has 33 heavy (non-hydrogen) atoms. The van der Waals surface area contributed by atoms with Gasteiger partial charge in [-0.15, -0.1) is 41.0 Å². The second-order valence-electron chi connectivity index (χ2n) is 9.00. The van der Waals surface area contributed by atoms with Crippen molar-refractivity contribution in [2.75, 3.05) is 0 Å². The number of aromatic nitrogens is 3. The van der Waals surface area contributed by atoms with Crippen LogP contribution in [0.15, 0.2) is 72.8 Å². The summed E-state index contributed by atoms with van der Waals surface area (Å²) in [5.74, 6) is 1.87. The third-order valence-corrected chi connectivity index (χ3v) is 6.34. The molecule has 173 valence electrons. The Kier molecular flexibility index (Phi) is 8.40. The van der Waals surface area contributed by atoms with Crippen LogP contribution in [0.1, 0.15) is 62.5 Å². The molecule has 0 bridgehead atoms. The molecule has 0 fully saturated rings. The number of hydrogen-bond acceptors (Lipinski definition) is 2. The molecule has 0 aliphatic carbocycles. The zero-order valence-corrected chi connectivity index (χ0v) is 22.3. The molecular formula is C29H32IrN3-. The van der Waals surface area contributed by atoms with Crippen LogP contribution < -0.4 is 0 Å². The van der Waals surface area contributed by atoms with Crippen molar-refractivity contribution in [2.45, 2.75) is 58.8 Å². The van der Waals surface area contributed by atoms with Crippen LogP contribution in [0.4, 0.5) is 0 Å². The van der Waals surface area contributed by atoms with Crippen LogP contribution in [0.25, 0.3) is 17.1 Å². The van der Waals surface area contributed by atoms with Crippen molar-refractivity contribution in [2.24, 2.45) is 0 Å². The van der Waals surface area contributed by atoms with Crippen LogP contribution in [0.3, 0.4) is 0 Å². The van der Waals surface area contributed by atoms with Crippen molar-refractivity contribution >= 4 is 0 Å². The van der Waals surface area contributed by atoms with Crippen LogP contribution >= 0.6 is 0 Å². The maximum absolute atomic E-state index is 4.59. The van der Waals surface area contributed by atoms with Gasteiger partial charge in [0.05, 0.1) is 5.82 Å². The molecule has 0 unspecified atom stereocenters. The average molecular weight is 615 g/mol. The van der Waals surface area contributed by atoms with Gasteiger partial charge in [0.2, 0.25) is 0 Å². The molecule has 1 heterocycles. The minimum Gasteiger partial charge on any atom is -0.320 e. The third kappa shape index (κ3) is 5.34. The van der Waals surface area contributed by atoms with E-state index in [0.29, 0.717) is 0 Å². The van der Waals surface area contributed by atoms with E-state index in [0.717, 1.165) is 35.7 Å². The van der Waals surface area contributed by atoms with E-state index in [1.165, 1.54) is 29.5 Å². The molecule has 0 saturated heterocycles. The van der Waals surface area contributed by atoms with Crippen LogP contribution in [0.5, 0.6) is 0 Å². The molecular weight excluding hydrogens is 583 g/mol. The second kappa shape index (κ2) is 11.0. The maximum Gasteiger partial charge on any atom is 0.128 e. The van der Waals surface area contributed by atoms with Gasteiger partial charge in [-0.25, -0.2) is 0 Å². The van der Waals surface area contributed by atoms with E-state index in [9.17, 15) is 0 Å². The first kappa shape index (κ1) is 25.1. The fourth-order valence-electron chi connectivity index (χ4n) is 4.29. The second-order valence-corrected chi connectivity index (χ2v) is 9.00. The molecule has 3 nitrogen and oxygen atoms in total. The molecule has 4 rings (SSSR count).